The largest absolute Gasteiger partial charge is 0.255 e. The van der Waals surface area contributed by atoms with Crippen molar-refractivity contribution in [2.45, 2.75) is 19.8 Å². The van der Waals surface area contributed by atoms with E-state index in [1.54, 1.807) is 0 Å². The summed E-state index contributed by atoms with van der Waals surface area (Å²) in [5, 5.41) is 24.0. The highest BCUT2D eigenvalue weighted by molar-refractivity contribution is 5.14. The second-order valence-electron chi connectivity index (χ2n) is 2.24. The van der Waals surface area contributed by atoms with Crippen LogP contribution in [0.1, 0.15) is 18.9 Å². The van der Waals surface area contributed by atoms with E-state index in [4.69, 9.17) is 21.0 Å². The van der Waals surface area contributed by atoms with Gasteiger partial charge in [0.2, 0.25) is 0 Å². The molecule has 0 aliphatic heterocycles. The van der Waals surface area contributed by atoms with E-state index in [1.807, 2.05) is 0 Å². The average Bonchev–Trinajstić information content (AvgIpc) is 2.26. The Kier molecular flexibility index (Phi) is 15.3. The van der Waals surface area contributed by atoms with Crippen LogP contribution < -0.4 is 0 Å². The smallest absolute Gasteiger partial charge is 0.0281 e. The van der Waals surface area contributed by atoms with Crippen molar-refractivity contribution in [2.75, 3.05) is 0 Å². The SMILES string of the molecule is CCCc1ccccc1.OO.OO. The zero-order valence-electron chi connectivity index (χ0n) is 7.59. The minimum Gasteiger partial charge on any atom is -0.255 e. The van der Waals surface area contributed by atoms with E-state index in [2.05, 4.69) is 37.3 Å². The van der Waals surface area contributed by atoms with Crippen molar-refractivity contribution in [3.63, 3.8) is 0 Å². The van der Waals surface area contributed by atoms with Crippen LogP contribution in [0.4, 0.5) is 0 Å². The average molecular weight is 188 g/mol. The molecule has 4 heteroatoms. The van der Waals surface area contributed by atoms with Crippen molar-refractivity contribution in [3.05, 3.63) is 35.9 Å². The van der Waals surface area contributed by atoms with Crippen molar-refractivity contribution in [1.82, 2.24) is 0 Å². The molecule has 0 saturated carbocycles. The second-order valence-corrected chi connectivity index (χ2v) is 2.24. The molecule has 0 saturated heterocycles. The van der Waals surface area contributed by atoms with Gasteiger partial charge >= 0.3 is 0 Å². The van der Waals surface area contributed by atoms with Crippen LogP contribution in [0.5, 0.6) is 0 Å². The van der Waals surface area contributed by atoms with E-state index < -0.39 is 0 Å². The highest BCUT2D eigenvalue weighted by Gasteiger charge is 1.84. The Morgan fingerprint density at radius 3 is 1.77 bits per heavy atom. The predicted octanol–water partition coefficient (Wildman–Crippen LogP) is 2.67. The maximum Gasteiger partial charge on any atom is -0.0281 e. The molecule has 0 heterocycles. The Morgan fingerprint density at radius 2 is 1.38 bits per heavy atom. The van der Waals surface area contributed by atoms with E-state index in [-0.39, 0.29) is 0 Å². The van der Waals surface area contributed by atoms with Gasteiger partial charge in [-0.1, -0.05) is 43.7 Å². The molecule has 0 spiro atoms. The fourth-order valence-corrected chi connectivity index (χ4v) is 0.933. The molecule has 0 aliphatic carbocycles. The molecule has 4 nitrogen and oxygen atoms in total. The maximum atomic E-state index is 6.00. The first kappa shape index (κ1) is 14.6. The van der Waals surface area contributed by atoms with Gasteiger partial charge in [0, 0.05) is 0 Å². The lowest BCUT2D eigenvalue weighted by Crippen LogP contribution is -1.78. The highest BCUT2D eigenvalue weighted by atomic mass is 17.0. The van der Waals surface area contributed by atoms with E-state index in [0.717, 1.165) is 0 Å². The molecule has 1 aromatic rings. The summed E-state index contributed by atoms with van der Waals surface area (Å²) in [5.74, 6) is 0. The van der Waals surface area contributed by atoms with Gasteiger partial charge in [-0.2, -0.15) is 0 Å². The third-order valence-electron chi connectivity index (χ3n) is 1.38. The Balaban J connectivity index is 0. The monoisotopic (exact) mass is 188 g/mol. The zero-order valence-corrected chi connectivity index (χ0v) is 7.59. The zero-order chi connectivity index (χ0) is 10.5. The van der Waals surface area contributed by atoms with Crippen molar-refractivity contribution in [3.8, 4) is 0 Å². The summed E-state index contributed by atoms with van der Waals surface area (Å²) in [6.45, 7) is 2.20. The first-order valence-electron chi connectivity index (χ1n) is 3.87. The van der Waals surface area contributed by atoms with Crippen LogP contribution in [-0.4, -0.2) is 21.0 Å². The summed E-state index contributed by atoms with van der Waals surface area (Å²) >= 11 is 0. The molecule has 76 valence electrons. The molecule has 0 atom stereocenters. The molecule has 0 bridgehead atoms. The van der Waals surface area contributed by atoms with E-state index in [1.165, 1.54) is 18.4 Å². The summed E-state index contributed by atoms with van der Waals surface area (Å²) in [7, 11) is 0. The first-order chi connectivity index (χ1) is 6.43. The Labute approximate surface area is 77.6 Å². The summed E-state index contributed by atoms with van der Waals surface area (Å²) in [6, 6.07) is 10.6. The van der Waals surface area contributed by atoms with Crippen LogP contribution in [0.25, 0.3) is 0 Å². The molecular formula is C9H16O4. The van der Waals surface area contributed by atoms with Gasteiger partial charge in [0.15, 0.2) is 0 Å². The maximum absolute atomic E-state index is 6.00. The number of aryl methyl sites for hydroxylation is 1. The quantitative estimate of drug-likeness (QED) is 0.425. The highest BCUT2D eigenvalue weighted by Crippen LogP contribution is 2.00. The third-order valence-corrected chi connectivity index (χ3v) is 1.38. The third kappa shape index (κ3) is 8.97. The fourth-order valence-electron chi connectivity index (χ4n) is 0.933. The molecular weight excluding hydrogens is 172 g/mol. The van der Waals surface area contributed by atoms with Gasteiger partial charge in [-0.25, -0.2) is 0 Å². The molecule has 0 radical (unpaired) electrons. The van der Waals surface area contributed by atoms with Crippen LogP contribution in [0, 0.1) is 0 Å². The molecule has 1 rings (SSSR count). The number of benzene rings is 1. The molecule has 0 fully saturated rings. The van der Waals surface area contributed by atoms with Crippen molar-refractivity contribution < 1.29 is 21.0 Å². The van der Waals surface area contributed by atoms with Crippen LogP contribution in [-0.2, 0) is 6.42 Å². The van der Waals surface area contributed by atoms with E-state index in [9.17, 15) is 0 Å². The Bertz CT molecular complexity index is 165. The van der Waals surface area contributed by atoms with Crippen LogP contribution in [0.15, 0.2) is 30.3 Å². The second kappa shape index (κ2) is 13.6. The number of hydrogen-bond acceptors (Lipinski definition) is 4. The van der Waals surface area contributed by atoms with Gasteiger partial charge in [-0.05, 0) is 12.0 Å². The van der Waals surface area contributed by atoms with Gasteiger partial charge in [-0.15, -0.1) is 0 Å². The van der Waals surface area contributed by atoms with Gasteiger partial charge in [0.25, 0.3) is 0 Å². The Hall–Kier alpha value is -0.940. The standard InChI is InChI=1S/C9H12.2H2O2/c1-2-6-9-7-4-3-5-8-9;2*1-2/h3-5,7-8H,2,6H2,1H3;2*1-2H. The summed E-state index contributed by atoms with van der Waals surface area (Å²) < 4.78 is 0. The molecule has 1 aromatic carbocycles. The first-order valence-corrected chi connectivity index (χ1v) is 3.87. The van der Waals surface area contributed by atoms with Crippen LogP contribution >= 0.6 is 0 Å². The van der Waals surface area contributed by atoms with Gasteiger partial charge in [-0.3, -0.25) is 21.0 Å². The van der Waals surface area contributed by atoms with E-state index >= 15 is 0 Å². The molecule has 0 unspecified atom stereocenters. The van der Waals surface area contributed by atoms with Crippen molar-refractivity contribution in [2.24, 2.45) is 0 Å². The van der Waals surface area contributed by atoms with Crippen LogP contribution in [0.3, 0.4) is 0 Å². The molecule has 0 amide bonds. The minimum absolute atomic E-state index is 1.21. The number of rotatable bonds is 2. The van der Waals surface area contributed by atoms with Crippen LogP contribution in [0.2, 0.25) is 0 Å². The lowest BCUT2D eigenvalue weighted by atomic mass is 10.1. The number of hydrogen-bond donors (Lipinski definition) is 4. The van der Waals surface area contributed by atoms with Crippen molar-refractivity contribution in [1.29, 1.82) is 0 Å². The molecule has 0 aromatic heterocycles. The fraction of sp³-hybridized carbons (Fsp3) is 0.333. The topological polar surface area (TPSA) is 80.9 Å². The van der Waals surface area contributed by atoms with Crippen molar-refractivity contribution >= 4 is 0 Å². The minimum atomic E-state index is 1.21. The predicted molar refractivity (Wildman–Crippen MR) is 51.0 cm³/mol. The summed E-state index contributed by atoms with van der Waals surface area (Å²) in [6.07, 6.45) is 2.45. The molecule has 0 aliphatic rings. The van der Waals surface area contributed by atoms with E-state index in [0.29, 0.717) is 0 Å². The lowest BCUT2D eigenvalue weighted by Gasteiger charge is -1.93. The molecule has 13 heavy (non-hydrogen) atoms. The van der Waals surface area contributed by atoms with Gasteiger partial charge < -0.3 is 0 Å². The van der Waals surface area contributed by atoms with Gasteiger partial charge in [0.1, 0.15) is 0 Å². The summed E-state index contributed by atoms with van der Waals surface area (Å²) in [5.41, 5.74) is 1.44. The molecule has 4 N–H and O–H groups in total. The lowest BCUT2D eigenvalue weighted by molar-refractivity contribution is -0.176. The normalized spacial score (nSPS) is 7.46. The Morgan fingerprint density at radius 1 is 0.923 bits per heavy atom. The van der Waals surface area contributed by atoms with Gasteiger partial charge in [0.05, 0.1) is 0 Å². The summed E-state index contributed by atoms with van der Waals surface area (Å²) in [4.78, 5) is 0.